The van der Waals surface area contributed by atoms with Crippen molar-refractivity contribution in [1.82, 2.24) is 15.1 Å². The van der Waals surface area contributed by atoms with Crippen molar-refractivity contribution in [3.05, 3.63) is 16.4 Å². The Morgan fingerprint density at radius 1 is 1.59 bits per heavy atom. The van der Waals surface area contributed by atoms with Crippen molar-refractivity contribution >= 4 is 11.6 Å². The molecular weight excluding hydrogens is 238 g/mol. The molecule has 0 amide bonds. The van der Waals surface area contributed by atoms with Gasteiger partial charge in [-0.15, -0.1) is 0 Å². The predicted octanol–water partition coefficient (Wildman–Crippen LogP) is 2.04. The van der Waals surface area contributed by atoms with Crippen LogP contribution in [0.1, 0.15) is 31.2 Å². The quantitative estimate of drug-likeness (QED) is 0.901. The van der Waals surface area contributed by atoms with E-state index in [1.54, 1.807) is 0 Å². The third kappa shape index (κ3) is 2.81. The van der Waals surface area contributed by atoms with Gasteiger partial charge in [0.2, 0.25) is 0 Å². The van der Waals surface area contributed by atoms with Crippen LogP contribution in [0.25, 0.3) is 0 Å². The Hall–Kier alpha value is -0.580. The molecule has 1 aromatic heterocycles. The van der Waals surface area contributed by atoms with E-state index in [0.717, 1.165) is 49.0 Å². The van der Waals surface area contributed by atoms with E-state index < -0.39 is 0 Å². The Kier molecular flexibility index (Phi) is 3.76. The molecule has 2 heterocycles. The fourth-order valence-corrected chi connectivity index (χ4v) is 2.47. The minimum atomic E-state index is 0.0553. The third-order valence-electron chi connectivity index (χ3n) is 3.38. The number of ether oxygens (including phenoxy) is 1. The summed E-state index contributed by atoms with van der Waals surface area (Å²) in [6, 6.07) is 0. The highest BCUT2D eigenvalue weighted by molar-refractivity contribution is 6.31. The van der Waals surface area contributed by atoms with Crippen LogP contribution in [-0.4, -0.2) is 28.5 Å². The van der Waals surface area contributed by atoms with Gasteiger partial charge in [0.15, 0.2) is 0 Å². The molecule has 2 rings (SSSR count). The number of rotatable bonds is 3. The summed E-state index contributed by atoms with van der Waals surface area (Å²) in [5, 5.41) is 8.61. The van der Waals surface area contributed by atoms with Crippen molar-refractivity contribution in [1.29, 1.82) is 0 Å². The molecule has 1 fully saturated rings. The van der Waals surface area contributed by atoms with Crippen LogP contribution in [0.15, 0.2) is 0 Å². The average Bonchev–Trinajstić information content (AvgIpc) is 2.52. The Bertz CT molecular complexity index is 397. The number of aromatic nitrogens is 2. The van der Waals surface area contributed by atoms with E-state index in [1.807, 2.05) is 18.7 Å². The average molecular weight is 258 g/mol. The summed E-state index contributed by atoms with van der Waals surface area (Å²) in [4.78, 5) is 0. The Balaban J connectivity index is 2.01. The molecule has 1 aromatic rings. The Labute approximate surface area is 107 Å². The van der Waals surface area contributed by atoms with Gasteiger partial charge in [-0.3, -0.25) is 4.68 Å². The molecule has 0 spiro atoms. The maximum atomic E-state index is 6.22. The van der Waals surface area contributed by atoms with Crippen molar-refractivity contribution in [3.8, 4) is 0 Å². The van der Waals surface area contributed by atoms with Crippen LogP contribution in [0.5, 0.6) is 0 Å². The van der Waals surface area contributed by atoms with Gasteiger partial charge in [0.1, 0.15) is 0 Å². The van der Waals surface area contributed by atoms with Gasteiger partial charge in [-0.25, -0.2) is 0 Å². The molecule has 0 radical (unpaired) electrons. The van der Waals surface area contributed by atoms with Crippen molar-refractivity contribution in [2.75, 3.05) is 13.2 Å². The summed E-state index contributed by atoms with van der Waals surface area (Å²) in [6.45, 7) is 6.50. The lowest BCUT2D eigenvalue weighted by molar-refractivity contribution is 0.0275. The molecule has 1 atom stereocenters. The van der Waals surface area contributed by atoms with E-state index in [-0.39, 0.29) is 5.54 Å². The molecule has 1 saturated heterocycles. The molecule has 0 bridgehead atoms. The van der Waals surface area contributed by atoms with Crippen LogP contribution in [0.2, 0.25) is 5.02 Å². The number of halogens is 1. The molecule has 1 aliphatic heterocycles. The molecule has 0 aliphatic carbocycles. The second-order valence-electron chi connectivity index (χ2n) is 5.04. The maximum absolute atomic E-state index is 6.22. The minimum absolute atomic E-state index is 0.0553. The highest BCUT2D eigenvalue weighted by Crippen LogP contribution is 2.22. The SMILES string of the molecule is Cc1nn(C)c(CNC2(C)CCCOC2)c1Cl. The molecule has 1 N–H and O–H groups in total. The molecule has 1 aliphatic rings. The van der Waals surface area contributed by atoms with Gasteiger partial charge in [-0.2, -0.15) is 5.10 Å². The summed E-state index contributed by atoms with van der Waals surface area (Å²) in [7, 11) is 1.93. The largest absolute Gasteiger partial charge is 0.380 e. The molecule has 5 heteroatoms. The molecular formula is C12H20ClN3O. The molecule has 96 valence electrons. The fraction of sp³-hybridized carbons (Fsp3) is 0.750. The summed E-state index contributed by atoms with van der Waals surface area (Å²) in [5.74, 6) is 0. The van der Waals surface area contributed by atoms with E-state index in [1.165, 1.54) is 0 Å². The van der Waals surface area contributed by atoms with Gasteiger partial charge in [0.25, 0.3) is 0 Å². The lowest BCUT2D eigenvalue weighted by atomic mass is 9.95. The number of nitrogens with zero attached hydrogens (tertiary/aromatic N) is 2. The second kappa shape index (κ2) is 4.96. The zero-order valence-electron chi connectivity index (χ0n) is 10.7. The predicted molar refractivity (Wildman–Crippen MR) is 68.3 cm³/mol. The first-order valence-corrected chi connectivity index (χ1v) is 6.40. The molecule has 0 aromatic carbocycles. The first-order valence-electron chi connectivity index (χ1n) is 6.02. The van der Waals surface area contributed by atoms with Crippen LogP contribution >= 0.6 is 11.6 Å². The highest BCUT2D eigenvalue weighted by atomic mass is 35.5. The molecule has 17 heavy (non-hydrogen) atoms. The summed E-state index contributed by atoms with van der Waals surface area (Å²) in [6.07, 6.45) is 2.25. The summed E-state index contributed by atoms with van der Waals surface area (Å²) >= 11 is 6.22. The fourth-order valence-electron chi connectivity index (χ4n) is 2.24. The van der Waals surface area contributed by atoms with Crippen molar-refractivity contribution in [2.45, 2.75) is 38.8 Å². The van der Waals surface area contributed by atoms with Gasteiger partial charge >= 0.3 is 0 Å². The van der Waals surface area contributed by atoms with Crippen LogP contribution < -0.4 is 5.32 Å². The number of nitrogens with one attached hydrogen (secondary N) is 1. The first-order chi connectivity index (χ1) is 8.02. The Morgan fingerprint density at radius 3 is 2.88 bits per heavy atom. The van der Waals surface area contributed by atoms with Gasteiger partial charge in [-0.1, -0.05) is 11.6 Å². The van der Waals surface area contributed by atoms with Crippen LogP contribution in [0.3, 0.4) is 0 Å². The minimum Gasteiger partial charge on any atom is -0.380 e. The van der Waals surface area contributed by atoms with Crippen molar-refractivity contribution < 1.29 is 4.74 Å². The monoisotopic (exact) mass is 257 g/mol. The smallest absolute Gasteiger partial charge is 0.0860 e. The summed E-state index contributed by atoms with van der Waals surface area (Å²) in [5.41, 5.74) is 1.98. The topological polar surface area (TPSA) is 39.1 Å². The van der Waals surface area contributed by atoms with E-state index >= 15 is 0 Å². The Morgan fingerprint density at radius 2 is 2.35 bits per heavy atom. The third-order valence-corrected chi connectivity index (χ3v) is 3.87. The van der Waals surface area contributed by atoms with E-state index in [9.17, 15) is 0 Å². The van der Waals surface area contributed by atoms with Gasteiger partial charge < -0.3 is 10.1 Å². The van der Waals surface area contributed by atoms with E-state index in [4.69, 9.17) is 16.3 Å². The number of hydrogen-bond acceptors (Lipinski definition) is 3. The van der Waals surface area contributed by atoms with Crippen LogP contribution in [0.4, 0.5) is 0 Å². The van der Waals surface area contributed by atoms with Gasteiger partial charge in [0.05, 0.1) is 23.0 Å². The normalized spacial score (nSPS) is 25.2. The van der Waals surface area contributed by atoms with Crippen molar-refractivity contribution in [2.24, 2.45) is 7.05 Å². The lowest BCUT2D eigenvalue weighted by Crippen LogP contribution is -2.48. The standard InChI is InChI=1S/C12H20ClN3O/c1-9-11(13)10(16(3)15-9)7-14-12(2)5-4-6-17-8-12/h14H,4-8H2,1-3H3. The second-order valence-corrected chi connectivity index (χ2v) is 5.42. The first kappa shape index (κ1) is 12.9. The zero-order chi connectivity index (χ0) is 12.5. The lowest BCUT2D eigenvalue weighted by Gasteiger charge is -2.34. The van der Waals surface area contributed by atoms with Crippen LogP contribution in [-0.2, 0) is 18.3 Å². The van der Waals surface area contributed by atoms with Crippen LogP contribution in [0, 0.1) is 6.92 Å². The maximum Gasteiger partial charge on any atom is 0.0860 e. The van der Waals surface area contributed by atoms with E-state index in [0.29, 0.717) is 0 Å². The molecule has 0 saturated carbocycles. The molecule has 4 nitrogen and oxygen atoms in total. The van der Waals surface area contributed by atoms with Crippen molar-refractivity contribution in [3.63, 3.8) is 0 Å². The molecule has 1 unspecified atom stereocenters. The van der Waals surface area contributed by atoms with Gasteiger partial charge in [-0.05, 0) is 26.7 Å². The van der Waals surface area contributed by atoms with E-state index in [2.05, 4.69) is 17.3 Å². The highest BCUT2D eigenvalue weighted by Gasteiger charge is 2.27. The van der Waals surface area contributed by atoms with Gasteiger partial charge in [0, 0.05) is 25.7 Å². The summed E-state index contributed by atoms with van der Waals surface area (Å²) < 4.78 is 7.37. The number of hydrogen-bond donors (Lipinski definition) is 1. The zero-order valence-corrected chi connectivity index (χ0v) is 11.5. The number of aryl methyl sites for hydroxylation is 2.